The lowest BCUT2D eigenvalue weighted by Crippen LogP contribution is -2.46. The van der Waals surface area contributed by atoms with E-state index in [1.807, 2.05) is 30.3 Å². The minimum absolute atomic E-state index is 0.291. The van der Waals surface area contributed by atoms with Gasteiger partial charge < -0.3 is 19.7 Å². The Balaban J connectivity index is 1.76. The smallest absolute Gasteiger partial charge is 0.281 e. The van der Waals surface area contributed by atoms with Crippen LogP contribution in [-0.4, -0.2) is 36.6 Å². The second kappa shape index (κ2) is 5.07. The van der Waals surface area contributed by atoms with Gasteiger partial charge in [-0.2, -0.15) is 0 Å². The number of hydrogen-bond acceptors (Lipinski definition) is 4. The number of ether oxygens (including phenoxy) is 2. The van der Waals surface area contributed by atoms with E-state index in [2.05, 4.69) is 5.32 Å². The molecule has 2 heterocycles. The van der Waals surface area contributed by atoms with Crippen molar-refractivity contribution in [3.05, 3.63) is 59.7 Å². The molecule has 0 saturated carbocycles. The Labute approximate surface area is 139 Å². The molecule has 2 amide bonds. The molecule has 2 aliphatic heterocycles. The second-order valence-corrected chi connectivity index (χ2v) is 5.83. The van der Waals surface area contributed by atoms with E-state index < -0.39 is 11.8 Å². The number of nitrogens with one attached hydrogen (secondary N) is 1. The standard InChI is InChI=1S/C18H16N2O4/c1-20-16(21)13-10-12(23-2)8-9-14(13)19-17(22)18(20)15(24-18)11-6-4-3-5-7-11/h3-10,15H,1-2H3,(H,19,22). The molecule has 0 bridgehead atoms. The molecule has 6 nitrogen and oxygen atoms in total. The summed E-state index contributed by atoms with van der Waals surface area (Å²) < 4.78 is 10.9. The first-order valence-electron chi connectivity index (χ1n) is 7.58. The largest absolute Gasteiger partial charge is 0.497 e. The normalized spacial score (nSPS) is 25.1. The lowest BCUT2D eigenvalue weighted by Gasteiger charge is -2.21. The summed E-state index contributed by atoms with van der Waals surface area (Å²) in [7, 11) is 3.11. The fourth-order valence-electron chi connectivity index (χ4n) is 3.13. The van der Waals surface area contributed by atoms with Gasteiger partial charge in [-0.25, -0.2) is 0 Å². The van der Waals surface area contributed by atoms with Gasteiger partial charge in [0.15, 0.2) is 0 Å². The molecule has 1 fully saturated rings. The number of carbonyl (C=O) groups is 2. The summed E-state index contributed by atoms with van der Waals surface area (Å²) in [6, 6.07) is 14.4. The van der Waals surface area contributed by atoms with Gasteiger partial charge in [0.25, 0.3) is 17.5 Å². The van der Waals surface area contributed by atoms with Crippen LogP contribution in [0.25, 0.3) is 0 Å². The Bertz CT molecular complexity index is 836. The molecule has 4 rings (SSSR count). The molecule has 2 aromatic rings. The van der Waals surface area contributed by atoms with Crippen LogP contribution >= 0.6 is 0 Å². The van der Waals surface area contributed by atoms with Gasteiger partial charge in [-0.1, -0.05) is 30.3 Å². The van der Waals surface area contributed by atoms with Gasteiger partial charge >= 0.3 is 0 Å². The first-order valence-corrected chi connectivity index (χ1v) is 7.58. The number of rotatable bonds is 2. The lowest BCUT2D eigenvalue weighted by atomic mass is 10.0. The third-order valence-electron chi connectivity index (χ3n) is 4.53. The summed E-state index contributed by atoms with van der Waals surface area (Å²) >= 11 is 0. The molecule has 2 aromatic carbocycles. The van der Waals surface area contributed by atoms with Crippen molar-refractivity contribution in [3.8, 4) is 5.75 Å². The number of likely N-dealkylation sites (N-methyl/N-ethyl adjacent to an activating group) is 1. The highest BCUT2D eigenvalue weighted by atomic mass is 16.6. The Morgan fingerprint density at radius 1 is 1.17 bits per heavy atom. The quantitative estimate of drug-likeness (QED) is 0.860. The van der Waals surface area contributed by atoms with Gasteiger partial charge in [0, 0.05) is 7.05 Å². The predicted molar refractivity (Wildman–Crippen MR) is 86.7 cm³/mol. The molecule has 1 saturated heterocycles. The fourth-order valence-corrected chi connectivity index (χ4v) is 3.13. The number of epoxide rings is 1. The first-order chi connectivity index (χ1) is 11.6. The van der Waals surface area contributed by atoms with Crippen molar-refractivity contribution in [2.45, 2.75) is 11.8 Å². The van der Waals surface area contributed by atoms with Gasteiger partial charge in [-0.15, -0.1) is 0 Å². The van der Waals surface area contributed by atoms with E-state index in [9.17, 15) is 9.59 Å². The SMILES string of the molecule is COc1ccc2c(c1)C(=O)N(C)C1(OC1c1ccccc1)C(=O)N2. The predicted octanol–water partition coefficient (Wildman–Crippen LogP) is 2.19. The van der Waals surface area contributed by atoms with Gasteiger partial charge in [-0.05, 0) is 23.8 Å². The van der Waals surface area contributed by atoms with Crippen LogP contribution < -0.4 is 10.1 Å². The van der Waals surface area contributed by atoms with Crippen molar-refractivity contribution in [2.75, 3.05) is 19.5 Å². The number of nitrogens with zero attached hydrogens (tertiary/aromatic N) is 1. The van der Waals surface area contributed by atoms with Crippen LogP contribution in [0.3, 0.4) is 0 Å². The van der Waals surface area contributed by atoms with E-state index in [0.717, 1.165) is 5.56 Å². The van der Waals surface area contributed by atoms with E-state index in [1.165, 1.54) is 12.0 Å². The fraction of sp³-hybridized carbons (Fsp3) is 0.222. The molecular weight excluding hydrogens is 308 g/mol. The molecule has 122 valence electrons. The van der Waals surface area contributed by atoms with Crippen LogP contribution in [0.1, 0.15) is 22.0 Å². The molecule has 1 spiro atoms. The van der Waals surface area contributed by atoms with Crippen molar-refractivity contribution < 1.29 is 19.1 Å². The number of carbonyl (C=O) groups excluding carboxylic acids is 2. The highest BCUT2D eigenvalue weighted by molar-refractivity contribution is 6.12. The van der Waals surface area contributed by atoms with Crippen LogP contribution in [0, 0.1) is 0 Å². The molecule has 1 N–H and O–H groups in total. The third kappa shape index (κ3) is 1.93. The minimum atomic E-state index is -1.31. The summed E-state index contributed by atoms with van der Waals surface area (Å²) in [5, 5.41) is 2.81. The molecule has 2 atom stereocenters. The monoisotopic (exact) mass is 324 g/mol. The number of hydrogen-bond donors (Lipinski definition) is 1. The molecule has 2 unspecified atom stereocenters. The number of benzene rings is 2. The highest BCUT2D eigenvalue weighted by Crippen LogP contribution is 2.53. The van der Waals surface area contributed by atoms with Gasteiger partial charge in [0.1, 0.15) is 11.9 Å². The average molecular weight is 324 g/mol. The zero-order valence-corrected chi connectivity index (χ0v) is 13.3. The average Bonchev–Trinajstić information content (AvgIpc) is 3.38. The van der Waals surface area contributed by atoms with E-state index in [1.54, 1.807) is 25.2 Å². The van der Waals surface area contributed by atoms with E-state index >= 15 is 0 Å². The molecule has 24 heavy (non-hydrogen) atoms. The topological polar surface area (TPSA) is 71.2 Å². The number of fused-ring (bicyclic) bond motifs is 1. The van der Waals surface area contributed by atoms with E-state index in [4.69, 9.17) is 9.47 Å². The molecule has 0 radical (unpaired) electrons. The van der Waals surface area contributed by atoms with Gasteiger partial charge in [0.05, 0.1) is 18.4 Å². The maximum Gasteiger partial charge on any atom is 0.281 e. The van der Waals surface area contributed by atoms with Crippen molar-refractivity contribution in [2.24, 2.45) is 0 Å². The van der Waals surface area contributed by atoms with Crippen LogP contribution in [0.15, 0.2) is 48.5 Å². The van der Waals surface area contributed by atoms with Crippen LogP contribution in [-0.2, 0) is 9.53 Å². The summed E-state index contributed by atoms with van der Waals surface area (Å²) in [6.45, 7) is 0. The summed E-state index contributed by atoms with van der Waals surface area (Å²) in [4.78, 5) is 27.0. The lowest BCUT2D eigenvalue weighted by molar-refractivity contribution is -0.125. The molecular formula is C18H16N2O4. The van der Waals surface area contributed by atoms with E-state index in [-0.39, 0.29) is 11.8 Å². The molecule has 2 aliphatic rings. The maximum atomic E-state index is 12.9. The number of amides is 2. The number of anilines is 1. The Morgan fingerprint density at radius 2 is 1.92 bits per heavy atom. The maximum absolute atomic E-state index is 12.9. The van der Waals surface area contributed by atoms with Gasteiger partial charge in [-0.3, -0.25) is 9.59 Å². The summed E-state index contributed by atoms with van der Waals surface area (Å²) in [6.07, 6.45) is -0.483. The third-order valence-corrected chi connectivity index (χ3v) is 4.53. The molecule has 6 heteroatoms. The van der Waals surface area contributed by atoms with Gasteiger partial charge in [0.2, 0.25) is 0 Å². The Morgan fingerprint density at radius 3 is 2.62 bits per heavy atom. The zero-order chi connectivity index (χ0) is 16.9. The summed E-state index contributed by atoms with van der Waals surface area (Å²) in [5.74, 6) is -0.0891. The van der Waals surface area contributed by atoms with Crippen LogP contribution in [0.5, 0.6) is 5.75 Å². The van der Waals surface area contributed by atoms with Crippen molar-refractivity contribution in [1.29, 1.82) is 0 Å². The van der Waals surface area contributed by atoms with Crippen LogP contribution in [0.2, 0.25) is 0 Å². The number of methoxy groups -OCH3 is 1. The second-order valence-electron chi connectivity index (χ2n) is 5.83. The van der Waals surface area contributed by atoms with Crippen molar-refractivity contribution in [3.63, 3.8) is 0 Å². The zero-order valence-electron chi connectivity index (χ0n) is 13.3. The molecule has 0 aromatic heterocycles. The first kappa shape index (κ1) is 14.7. The Hall–Kier alpha value is -2.86. The van der Waals surface area contributed by atoms with Crippen molar-refractivity contribution >= 4 is 17.5 Å². The Kier molecular flexibility index (Phi) is 3.11. The summed E-state index contributed by atoms with van der Waals surface area (Å²) in [5.41, 5.74) is 0.377. The molecule has 0 aliphatic carbocycles. The van der Waals surface area contributed by atoms with Crippen molar-refractivity contribution in [1.82, 2.24) is 4.90 Å². The van der Waals surface area contributed by atoms with Crippen LogP contribution in [0.4, 0.5) is 5.69 Å². The minimum Gasteiger partial charge on any atom is -0.497 e. The highest BCUT2D eigenvalue weighted by Gasteiger charge is 2.68. The van der Waals surface area contributed by atoms with E-state index in [0.29, 0.717) is 17.0 Å².